The first kappa shape index (κ1) is 32.0. The third kappa shape index (κ3) is 10.1. The summed E-state index contributed by atoms with van der Waals surface area (Å²) in [6.07, 6.45) is 0. The van der Waals surface area contributed by atoms with Gasteiger partial charge in [-0.25, -0.2) is 0 Å². The third-order valence-corrected chi connectivity index (χ3v) is 19.8. The summed E-state index contributed by atoms with van der Waals surface area (Å²) in [6, 6.07) is 0. The van der Waals surface area contributed by atoms with Gasteiger partial charge in [-0.05, 0) is 51.1 Å². The molecule has 180 valence electrons. The number of carbonyl (C=O) groups is 1. The molecule has 0 fully saturated rings. The summed E-state index contributed by atoms with van der Waals surface area (Å²) in [7, 11) is 9.48. The minimum atomic E-state index is -1.01. The van der Waals surface area contributed by atoms with E-state index in [0.29, 0.717) is 0 Å². The van der Waals surface area contributed by atoms with Crippen LogP contribution in [0.4, 0.5) is 0 Å². The number of carboxylic acid groups (broad SMARTS) is 1. The molecule has 16 heteroatoms. The molecule has 0 rings (SSSR count). The molecule has 0 aliphatic rings. The van der Waals surface area contributed by atoms with Crippen molar-refractivity contribution in [2.45, 2.75) is 27.9 Å². The zero-order chi connectivity index (χ0) is 23.2. The van der Waals surface area contributed by atoms with Gasteiger partial charge in [-0.1, -0.05) is 57.0 Å². The number of aliphatic hydroxyl groups excluding tert-OH is 6. The molecule has 30 heavy (non-hydrogen) atoms. The highest BCUT2D eigenvalue weighted by Gasteiger charge is 2.38. The smallest absolute Gasteiger partial charge is 0.328 e. The van der Waals surface area contributed by atoms with Gasteiger partial charge < -0.3 is 35.7 Å². The Morgan fingerprint density at radius 1 is 0.700 bits per heavy atom. The van der Waals surface area contributed by atoms with Gasteiger partial charge in [-0.2, -0.15) is 0 Å². The van der Waals surface area contributed by atoms with Crippen molar-refractivity contribution in [2.24, 2.45) is 11.8 Å². The molecule has 0 aliphatic heterocycles. The zero-order valence-corrected chi connectivity index (χ0v) is 22.8. The summed E-state index contributed by atoms with van der Waals surface area (Å²) in [4.78, 5) is 11.5. The van der Waals surface area contributed by atoms with Crippen LogP contribution in [0.1, 0.15) is 13.8 Å². The first-order valence-electron chi connectivity index (χ1n) is 8.46. The molecule has 0 heterocycles. The zero-order valence-electron chi connectivity index (χ0n) is 16.3. The molecular weight excluding hydrogens is 553 g/mol. The van der Waals surface area contributed by atoms with Crippen LogP contribution in [0.25, 0.3) is 0 Å². The van der Waals surface area contributed by atoms with Crippen molar-refractivity contribution in [3.8, 4) is 0 Å². The molecule has 0 aromatic rings. The second-order valence-electron chi connectivity index (χ2n) is 6.23. The molecule has 0 aromatic heterocycles. The number of aliphatic hydroxyl groups is 6. The normalized spacial score (nSPS) is 15.7. The van der Waals surface area contributed by atoms with Crippen LogP contribution >= 0.6 is 82.5 Å². The number of hydrogen-bond acceptors (Lipinski definition) is 15. The number of carboxylic acids is 1. The maximum absolute atomic E-state index is 11.5. The Labute approximate surface area is 207 Å². The molecule has 0 radical (unpaired) electrons. The van der Waals surface area contributed by atoms with E-state index in [0.717, 1.165) is 21.6 Å². The second kappa shape index (κ2) is 17.5. The van der Waals surface area contributed by atoms with E-state index in [-0.39, 0.29) is 51.5 Å². The first-order valence-corrected chi connectivity index (χ1v) is 18.2. The van der Waals surface area contributed by atoms with Crippen LogP contribution in [-0.4, -0.2) is 95.4 Å². The molecule has 2 atom stereocenters. The highest BCUT2D eigenvalue weighted by atomic mass is 33.7. The van der Waals surface area contributed by atoms with Gasteiger partial charge in [0.15, 0.2) is 4.58 Å². The van der Waals surface area contributed by atoms with E-state index < -0.39 is 20.0 Å². The van der Waals surface area contributed by atoms with Crippen molar-refractivity contribution in [3.63, 3.8) is 0 Å². The van der Waals surface area contributed by atoms with E-state index in [1.807, 2.05) is 0 Å². The van der Waals surface area contributed by atoms with Crippen LogP contribution in [0.15, 0.2) is 0 Å². The lowest BCUT2D eigenvalue weighted by Crippen LogP contribution is -2.41. The van der Waals surface area contributed by atoms with Crippen molar-refractivity contribution in [2.75, 3.05) is 39.6 Å². The average Bonchev–Trinajstić information content (AvgIpc) is 2.77. The van der Waals surface area contributed by atoms with Crippen molar-refractivity contribution in [1.29, 1.82) is 0 Å². The van der Waals surface area contributed by atoms with Crippen LogP contribution < -0.4 is 0 Å². The van der Waals surface area contributed by atoms with E-state index in [2.05, 4.69) is 0 Å². The Balaban J connectivity index is 4.54. The lowest BCUT2D eigenvalue weighted by molar-refractivity contribution is -0.134. The predicted molar refractivity (Wildman–Crippen MR) is 138 cm³/mol. The third-order valence-electron chi connectivity index (χ3n) is 4.33. The van der Waals surface area contributed by atoms with Gasteiger partial charge in [0.25, 0.3) is 0 Å². The number of aliphatic carboxylic acids is 1. The lowest BCUT2D eigenvalue weighted by Gasteiger charge is -2.33. The molecule has 7 N–H and O–H groups in total. The van der Waals surface area contributed by atoms with Crippen molar-refractivity contribution >= 4 is 88.4 Å². The van der Waals surface area contributed by atoms with E-state index in [1.54, 1.807) is 13.8 Å². The highest BCUT2D eigenvalue weighted by molar-refractivity contribution is 9.29. The van der Waals surface area contributed by atoms with Crippen molar-refractivity contribution in [1.82, 2.24) is 0 Å². The van der Waals surface area contributed by atoms with E-state index in [4.69, 9.17) is 0 Å². The van der Waals surface area contributed by atoms with Crippen LogP contribution in [-0.2, 0) is 4.79 Å². The monoisotopic (exact) mass is 580 g/mol. The Bertz CT molecular complexity index is 435. The largest absolute Gasteiger partial charge is 0.480 e. The van der Waals surface area contributed by atoms with Gasteiger partial charge in [0.2, 0.25) is 0 Å². The average molecular weight is 581 g/mol. The van der Waals surface area contributed by atoms with Crippen molar-refractivity contribution in [3.05, 3.63) is 0 Å². The molecule has 0 saturated heterocycles. The molecule has 0 spiro atoms. The quantitative estimate of drug-likeness (QED) is 0.0678. The van der Waals surface area contributed by atoms with Crippen LogP contribution in [0, 0.1) is 11.8 Å². The Kier molecular flexibility index (Phi) is 18.6. The Morgan fingerprint density at radius 2 is 1.03 bits per heavy atom. The SMILES string of the molecule is CC(CO)C(CO)(CO)SSSSC(SSSSC(CO)(CO)C(C)CO)C(=O)O. The summed E-state index contributed by atoms with van der Waals surface area (Å²) < 4.78 is -2.66. The Hall–Kier alpha value is 2.03. The predicted octanol–water partition coefficient (Wildman–Crippen LogP) is 2.46. The molecule has 8 nitrogen and oxygen atoms in total. The van der Waals surface area contributed by atoms with Gasteiger partial charge >= 0.3 is 5.97 Å². The molecular formula is C14H28O8S8. The van der Waals surface area contributed by atoms with Crippen LogP contribution in [0.5, 0.6) is 0 Å². The minimum absolute atomic E-state index is 0.191. The van der Waals surface area contributed by atoms with E-state index >= 15 is 0 Å². The molecule has 0 amide bonds. The molecule has 2 unspecified atom stereocenters. The fraction of sp³-hybridized carbons (Fsp3) is 0.929. The van der Waals surface area contributed by atoms with E-state index in [1.165, 1.54) is 60.9 Å². The van der Waals surface area contributed by atoms with Gasteiger partial charge in [0, 0.05) is 13.2 Å². The summed E-state index contributed by atoms with van der Waals surface area (Å²) in [5, 5.41) is 66.5. The number of rotatable bonds is 19. The summed E-state index contributed by atoms with van der Waals surface area (Å²) in [5.41, 5.74) is 0. The van der Waals surface area contributed by atoms with Crippen molar-refractivity contribution < 1.29 is 40.5 Å². The highest BCUT2D eigenvalue weighted by Crippen LogP contribution is 2.57. The molecule has 0 bridgehead atoms. The van der Waals surface area contributed by atoms with Gasteiger partial charge in [-0.15, -0.1) is 0 Å². The van der Waals surface area contributed by atoms with Gasteiger partial charge in [0.1, 0.15) is 0 Å². The topological polar surface area (TPSA) is 159 Å². The number of hydrogen-bond donors (Lipinski definition) is 7. The Morgan fingerprint density at radius 3 is 1.27 bits per heavy atom. The maximum atomic E-state index is 11.5. The van der Waals surface area contributed by atoms with Crippen LogP contribution in [0.2, 0.25) is 0 Å². The molecule has 0 aliphatic carbocycles. The lowest BCUT2D eigenvalue weighted by atomic mass is 9.95. The standard InChI is InChI=1S/C14H28O8S8/c1-9(3-15)13(5-17,6-18)25-29-27-23-12(11(21)22)24-28-30-26-14(7-19,8-20)10(2)4-16/h9-10,12,15-20H,3-8H2,1-2H3,(H,21,22). The summed E-state index contributed by atoms with van der Waals surface area (Å²) in [5.74, 6) is -1.70. The minimum Gasteiger partial charge on any atom is -0.480 e. The van der Waals surface area contributed by atoms with E-state index in [9.17, 15) is 40.5 Å². The molecule has 0 aromatic carbocycles. The summed E-state index contributed by atoms with van der Waals surface area (Å²) in [6.45, 7) is 1.77. The maximum Gasteiger partial charge on any atom is 0.328 e. The molecule has 0 saturated carbocycles. The first-order chi connectivity index (χ1) is 14.2. The van der Waals surface area contributed by atoms with Crippen LogP contribution in [0.3, 0.4) is 0 Å². The second-order valence-corrected chi connectivity index (χ2v) is 19.0. The fourth-order valence-electron chi connectivity index (χ4n) is 1.69. The van der Waals surface area contributed by atoms with Gasteiger partial charge in [0.05, 0.1) is 35.9 Å². The fourth-order valence-corrected chi connectivity index (χ4v) is 17.8. The van der Waals surface area contributed by atoms with Gasteiger partial charge in [-0.3, -0.25) is 4.79 Å². The summed E-state index contributed by atoms with van der Waals surface area (Å²) >= 11 is 0.